The Balaban J connectivity index is 2.71. The maximum Gasteiger partial charge on any atom is 0.171 e. The molecule has 3 nitrogen and oxygen atoms in total. The molecule has 0 aromatic heterocycles. The Bertz CT molecular complexity index is 198. The van der Waals surface area contributed by atoms with Crippen molar-refractivity contribution in [2.45, 2.75) is 31.8 Å². The first-order valence-electron chi connectivity index (χ1n) is 3.68. The molecule has 0 heterocycles. The molecular weight excluding hydrogens is 144 g/mol. The summed E-state index contributed by atoms with van der Waals surface area (Å²) in [6, 6.07) is 0. The molecule has 0 spiro atoms. The largest absolute Gasteiger partial charge is 0.371 e. The van der Waals surface area contributed by atoms with Gasteiger partial charge in [-0.05, 0) is 13.3 Å². The SMILES string of the molecule is COC1(C)CCC(=O)CC1=O. The molecule has 0 aliphatic heterocycles. The van der Waals surface area contributed by atoms with Crippen molar-refractivity contribution in [1.29, 1.82) is 0 Å². The molecule has 1 saturated carbocycles. The van der Waals surface area contributed by atoms with Gasteiger partial charge >= 0.3 is 0 Å². The summed E-state index contributed by atoms with van der Waals surface area (Å²) >= 11 is 0. The number of rotatable bonds is 1. The molecule has 1 unspecified atom stereocenters. The van der Waals surface area contributed by atoms with E-state index < -0.39 is 5.60 Å². The fraction of sp³-hybridized carbons (Fsp3) is 0.750. The van der Waals surface area contributed by atoms with E-state index in [9.17, 15) is 9.59 Å². The van der Waals surface area contributed by atoms with Crippen LogP contribution in [0.25, 0.3) is 0 Å². The van der Waals surface area contributed by atoms with Crippen LogP contribution in [0.2, 0.25) is 0 Å². The van der Waals surface area contributed by atoms with Gasteiger partial charge < -0.3 is 4.74 Å². The quantitative estimate of drug-likeness (QED) is 0.525. The van der Waals surface area contributed by atoms with Crippen LogP contribution in [-0.2, 0) is 14.3 Å². The Morgan fingerprint density at radius 1 is 1.45 bits per heavy atom. The summed E-state index contributed by atoms with van der Waals surface area (Å²) in [5.41, 5.74) is -0.700. The van der Waals surface area contributed by atoms with E-state index in [1.165, 1.54) is 7.11 Å². The van der Waals surface area contributed by atoms with Gasteiger partial charge in [-0.15, -0.1) is 0 Å². The van der Waals surface area contributed by atoms with E-state index in [-0.39, 0.29) is 18.0 Å². The van der Waals surface area contributed by atoms with Crippen molar-refractivity contribution in [1.82, 2.24) is 0 Å². The Hall–Kier alpha value is -0.700. The van der Waals surface area contributed by atoms with Crippen LogP contribution in [0.4, 0.5) is 0 Å². The van der Waals surface area contributed by atoms with E-state index >= 15 is 0 Å². The van der Waals surface area contributed by atoms with Crippen LogP contribution >= 0.6 is 0 Å². The second-order valence-corrected chi connectivity index (χ2v) is 3.07. The monoisotopic (exact) mass is 156 g/mol. The maximum atomic E-state index is 11.2. The molecule has 0 aromatic carbocycles. The molecule has 1 fully saturated rings. The van der Waals surface area contributed by atoms with Crippen molar-refractivity contribution in [2.75, 3.05) is 7.11 Å². The molecule has 0 saturated heterocycles. The molecule has 1 atom stereocenters. The van der Waals surface area contributed by atoms with E-state index in [2.05, 4.69) is 0 Å². The average molecular weight is 156 g/mol. The van der Waals surface area contributed by atoms with Gasteiger partial charge in [0.1, 0.15) is 11.4 Å². The van der Waals surface area contributed by atoms with Crippen molar-refractivity contribution in [2.24, 2.45) is 0 Å². The lowest BCUT2D eigenvalue weighted by Gasteiger charge is -2.29. The summed E-state index contributed by atoms with van der Waals surface area (Å²) in [6.45, 7) is 1.74. The highest BCUT2D eigenvalue weighted by atomic mass is 16.5. The van der Waals surface area contributed by atoms with Gasteiger partial charge in [0.25, 0.3) is 0 Å². The van der Waals surface area contributed by atoms with Crippen LogP contribution in [-0.4, -0.2) is 24.3 Å². The zero-order chi connectivity index (χ0) is 8.48. The minimum atomic E-state index is -0.700. The smallest absolute Gasteiger partial charge is 0.171 e. The van der Waals surface area contributed by atoms with Crippen LogP contribution in [0.3, 0.4) is 0 Å². The normalized spacial score (nSPS) is 32.5. The van der Waals surface area contributed by atoms with Gasteiger partial charge in [0, 0.05) is 13.5 Å². The van der Waals surface area contributed by atoms with E-state index in [4.69, 9.17) is 4.74 Å². The molecular formula is C8H12O3. The molecule has 1 aliphatic carbocycles. The lowest BCUT2D eigenvalue weighted by molar-refractivity contribution is -0.147. The summed E-state index contributed by atoms with van der Waals surface area (Å²) in [7, 11) is 1.51. The topological polar surface area (TPSA) is 43.4 Å². The number of methoxy groups -OCH3 is 1. The van der Waals surface area contributed by atoms with Gasteiger partial charge in [0.15, 0.2) is 5.78 Å². The van der Waals surface area contributed by atoms with Gasteiger partial charge in [-0.2, -0.15) is 0 Å². The van der Waals surface area contributed by atoms with Crippen molar-refractivity contribution < 1.29 is 14.3 Å². The number of carbonyl (C=O) groups is 2. The van der Waals surface area contributed by atoms with Crippen LogP contribution in [0.1, 0.15) is 26.2 Å². The van der Waals surface area contributed by atoms with E-state index in [1.807, 2.05) is 0 Å². The molecule has 0 N–H and O–H groups in total. The number of hydrogen-bond acceptors (Lipinski definition) is 3. The summed E-state index contributed by atoms with van der Waals surface area (Å²) in [4.78, 5) is 22.0. The third kappa shape index (κ3) is 1.48. The van der Waals surface area contributed by atoms with Crippen LogP contribution < -0.4 is 0 Å². The van der Waals surface area contributed by atoms with Crippen LogP contribution in [0.15, 0.2) is 0 Å². The summed E-state index contributed by atoms with van der Waals surface area (Å²) in [5.74, 6) is -0.0548. The Labute approximate surface area is 65.7 Å². The van der Waals surface area contributed by atoms with Gasteiger partial charge in [-0.3, -0.25) is 9.59 Å². The van der Waals surface area contributed by atoms with Gasteiger partial charge in [0.05, 0.1) is 6.42 Å². The molecule has 0 bridgehead atoms. The fourth-order valence-corrected chi connectivity index (χ4v) is 1.19. The average Bonchev–Trinajstić information content (AvgIpc) is 1.98. The zero-order valence-electron chi connectivity index (χ0n) is 6.85. The van der Waals surface area contributed by atoms with Gasteiger partial charge in [0.2, 0.25) is 0 Å². The van der Waals surface area contributed by atoms with Crippen molar-refractivity contribution in [3.8, 4) is 0 Å². The van der Waals surface area contributed by atoms with Crippen molar-refractivity contribution >= 4 is 11.6 Å². The third-order valence-corrected chi connectivity index (χ3v) is 2.28. The lowest BCUT2D eigenvalue weighted by atomic mass is 9.84. The highest BCUT2D eigenvalue weighted by Gasteiger charge is 2.37. The molecule has 0 aromatic rings. The molecule has 0 radical (unpaired) electrons. The predicted octanol–water partition coefficient (Wildman–Crippen LogP) is 0.714. The number of carbonyl (C=O) groups excluding carboxylic acids is 2. The lowest BCUT2D eigenvalue weighted by Crippen LogP contribution is -2.42. The first-order chi connectivity index (χ1) is 5.08. The molecule has 1 aliphatic rings. The third-order valence-electron chi connectivity index (χ3n) is 2.28. The first kappa shape index (κ1) is 8.40. The highest BCUT2D eigenvalue weighted by molar-refractivity contribution is 6.05. The molecule has 1 rings (SSSR count). The zero-order valence-corrected chi connectivity index (χ0v) is 6.85. The fourth-order valence-electron chi connectivity index (χ4n) is 1.19. The summed E-state index contributed by atoms with van der Waals surface area (Å²) in [5, 5.41) is 0. The van der Waals surface area contributed by atoms with E-state index in [0.29, 0.717) is 12.8 Å². The molecule has 0 amide bonds. The maximum absolute atomic E-state index is 11.2. The molecule has 3 heteroatoms. The number of Topliss-reactive ketones (excluding diaryl/α,β-unsaturated/α-hetero) is 2. The van der Waals surface area contributed by atoms with Crippen LogP contribution in [0, 0.1) is 0 Å². The van der Waals surface area contributed by atoms with E-state index in [0.717, 1.165) is 0 Å². The Kier molecular flexibility index (Phi) is 2.09. The number of ether oxygens (including phenoxy) is 1. The van der Waals surface area contributed by atoms with Gasteiger partial charge in [-0.25, -0.2) is 0 Å². The standard InChI is InChI=1S/C8H12O3/c1-8(11-2)4-3-6(9)5-7(8)10/h3-5H2,1-2H3. The second-order valence-electron chi connectivity index (χ2n) is 3.07. The molecule has 62 valence electrons. The minimum Gasteiger partial charge on any atom is -0.371 e. The Morgan fingerprint density at radius 2 is 2.09 bits per heavy atom. The second kappa shape index (κ2) is 2.74. The van der Waals surface area contributed by atoms with Gasteiger partial charge in [-0.1, -0.05) is 0 Å². The predicted molar refractivity (Wildman–Crippen MR) is 39.3 cm³/mol. The number of ketones is 2. The Morgan fingerprint density at radius 3 is 2.55 bits per heavy atom. The number of hydrogen-bond donors (Lipinski definition) is 0. The molecule has 11 heavy (non-hydrogen) atoms. The van der Waals surface area contributed by atoms with Crippen molar-refractivity contribution in [3.63, 3.8) is 0 Å². The minimum absolute atomic E-state index is 0.0320. The highest BCUT2D eigenvalue weighted by Crippen LogP contribution is 2.25. The van der Waals surface area contributed by atoms with Crippen LogP contribution in [0.5, 0.6) is 0 Å². The van der Waals surface area contributed by atoms with Crippen molar-refractivity contribution in [3.05, 3.63) is 0 Å². The first-order valence-corrected chi connectivity index (χ1v) is 3.68. The van der Waals surface area contributed by atoms with E-state index in [1.54, 1.807) is 6.92 Å². The summed E-state index contributed by atoms with van der Waals surface area (Å²) < 4.78 is 5.04. The summed E-state index contributed by atoms with van der Waals surface area (Å²) in [6.07, 6.45) is 1.04.